The van der Waals surface area contributed by atoms with Crippen LogP contribution in [0.2, 0.25) is 0 Å². The van der Waals surface area contributed by atoms with Crippen LogP contribution in [0.15, 0.2) is 48.5 Å². The second-order valence-electron chi connectivity index (χ2n) is 8.66. The first-order chi connectivity index (χ1) is 14.8. The number of hydrogen-bond acceptors (Lipinski definition) is 5. The lowest BCUT2D eigenvalue weighted by Crippen LogP contribution is -2.40. The molecule has 0 aromatic heterocycles. The number of ether oxygens (including phenoxy) is 2. The van der Waals surface area contributed by atoms with Gasteiger partial charge in [-0.1, -0.05) is 12.1 Å². The number of benzene rings is 2. The van der Waals surface area contributed by atoms with Crippen LogP contribution in [0.5, 0.6) is 5.75 Å². The van der Waals surface area contributed by atoms with Crippen molar-refractivity contribution in [2.75, 3.05) is 30.4 Å². The minimum atomic E-state index is -0.331. The lowest BCUT2D eigenvalue weighted by Gasteiger charge is -2.20. The largest absolute Gasteiger partial charge is 0.491 e. The zero-order chi connectivity index (χ0) is 22.3. The fourth-order valence-electron chi connectivity index (χ4n) is 3.20. The van der Waals surface area contributed by atoms with E-state index in [0.29, 0.717) is 17.9 Å². The average molecular weight is 426 g/mol. The van der Waals surface area contributed by atoms with E-state index in [9.17, 15) is 9.59 Å². The summed E-state index contributed by atoms with van der Waals surface area (Å²) in [5.41, 5.74) is 1.53. The molecule has 7 heteroatoms. The summed E-state index contributed by atoms with van der Waals surface area (Å²) in [5.74, 6) is 0.346. The van der Waals surface area contributed by atoms with Crippen LogP contribution >= 0.6 is 0 Å². The molecule has 0 radical (unpaired) electrons. The van der Waals surface area contributed by atoms with Crippen molar-refractivity contribution in [2.45, 2.75) is 45.3 Å². The van der Waals surface area contributed by atoms with Gasteiger partial charge in [-0.25, -0.2) is 0 Å². The predicted molar refractivity (Wildman–Crippen MR) is 122 cm³/mol. The minimum Gasteiger partial charge on any atom is -0.491 e. The van der Waals surface area contributed by atoms with Crippen molar-refractivity contribution < 1.29 is 19.1 Å². The smallest absolute Gasteiger partial charge is 0.251 e. The van der Waals surface area contributed by atoms with E-state index in [2.05, 4.69) is 16.0 Å². The van der Waals surface area contributed by atoms with E-state index in [1.165, 1.54) is 0 Å². The van der Waals surface area contributed by atoms with Crippen molar-refractivity contribution >= 4 is 23.2 Å². The summed E-state index contributed by atoms with van der Waals surface area (Å²) < 4.78 is 11.4. The highest BCUT2D eigenvalue weighted by Crippen LogP contribution is 2.20. The Morgan fingerprint density at radius 1 is 1.10 bits per heavy atom. The third-order valence-corrected chi connectivity index (χ3v) is 4.64. The lowest BCUT2D eigenvalue weighted by molar-refractivity contribution is -0.114. The third-order valence-electron chi connectivity index (χ3n) is 4.64. The van der Waals surface area contributed by atoms with Gasteiger partial charge in [-0.15, -0.1) is 0 Å². The fourth-order valence-corrected chi connectivity index (χ4v) is 3.20. The Hall–Kier alpha value is -3.06. The van der Waals surface area contributed by atoms with Gasteiger partial charge in [-0.05, 0) is 63.9 Å². The van der Waals surface area contributed by atoms with Crippen LogP contribution in [0.25, 0.3) is 0 Å². The average Bonchev–Trinajstić information content (AvgIpc) is 3.24. The number of hydrogen-bond donors (Lipinski definition) is 3. The molecule has 166 valence electrons. The minimum absolute atomic E-state index is 0.0909. The van der Waals surface area contributed by atoms with Gasteiger partial charge in [0.1, 0.15) is 12.4 Å². The number of rotatable bonds is 8. The maximum absolute atomic E-state index is 12.4. The van der Waals surface area contributed by atoms with Gasteiger partial charge in [0.05, 0.1) is 12.6 Å². The Bertz CT molecular complexity index is 902. The van der Waals surface area contributed by atoms with Crippen LogP contribution in [0, 0.1) is 0 Å². The Morgan fingerprint density at radius 3 is 2.61 bits per heavy atom. The van der Waals surface area contributed by atoms with Crippen molar-refractivity contribution in [1.29, 1.82) is 0 Å². The van der Waals surface area contributed by atoms with Gasteiger partial charge in [0.2, 0.25) is 5.91 Å². The van der Waals surface area contributed by atoms with E-state index in [1.54, 1.807) is 24.3 Å². The predicted octanol–water partition coefficient (Wildman–Crippen LogP) is 3.82. The number of amides is 2. The van der Waals surface area contributed by atoms with Crippen molar-refractivity contribution in [3.8, 4) is 5.75 Å². The molecule has 2 aromatic carbocycles. The molecule has 3 N–H and O–H groups in total. The maximum atomic E-state index is 12.4. The van der Waals surface area contributed by atoms with E-state index < -0.39 is 0 Å². The summed E-state index contributed by atoms with van der Waals surface area (Å²) in [4.78, 5) is 24.7. The SMILES string of the molecule is CC(C)(C)NC(=O)c1cccc(NC(=O)CNc2cccc(OCC3CCCO3)c2)c1. The Balaban J connectivity index is 1.49. The van der Waals surface area contributed by atoms with Gasteiger partial charge in [-0.3, -0.25) is 9.59 Å². The van der Waals surface area contributed by atoms with E-state index >= 15 is 0 Å². The van der Waals surface area contributed by atoms with Gasteiger partial charge < -0.3 is 25.4 Å². The molecule has 1 unspecified atom stereocenters. The van der Waals surface area contributed by atoms with Gasteiger partial charge in [0.25, 0.3) is 5.91 Å². The molecular weight excluding hydrogens is 394 g/mol. The van der Waals surface area contributed by atoms with E-state index in [-0.39, 0.29) is 30.0 Å². The topological polar surface area (TPSA) is 88.7 Å². The van der Waals surface area contributed by atoms with Crippen LogP contribution < -0.4 is 20.7 Å². The Kier molecular flexibility index (Phi) is 7.52. The molecule has 7 nitrogen and oxygen atoms in total. The molecule has 31 heavy (non-hydrogen) atoms. The standard InChI is InChI=1S/C24H31N3O4/c1-24(2,3)27-23(29)17-7-4-9-19(13-17)26-22(28)15-25-18-8-5-10-20(14-18)31-16-21-11-6-12-30-21/h4-5,7-10,13-14,21,25H,6,11-12,15-16H2,1-3H3,(H,26,28)(H,27,29). The first-order valence-electron chi connectivity index (χ1n) is 10.6. The summed E-state index contributed by atoms with van der Waals surface area (Å²) in [6, 6.07) is 14.4. The summed E-state index contributed by atoms with van der Waals surface area (Å²) in [6.07, 6.45) is 2.26. The molecule has 2 amide bonds. The molecule has 1 fully saturated rings. The highest BCUT2D eigenvalue weighted by molar-refractivity contribution is 5.98. The van der Waals surface area contributed by atoms with Gasteiger partial charge >= 0.3 is 0 Å². The molecule has 1 aliphatic rings. The second-order valence-corrected chi connectivity index (χ2v) is 8.66. The maximum Gasteiger partial charge on any atom is 0.251 e. The second kappa shape index (κ2) is 10.3. The third kappa shape index (κ3) is 7.61. The first kappa shape index (κ1) is 22.6. The molecule has 0 aliphatic carbocycles. The molecule has 2 aromatic rings. The van der Waals surface area contributed by atoms with Gasteiger partial charge in [0, 0.05) is 35.2 Å². The normalized spacial score (nSPS) is 15.9. The monoisotopic (exact) mass is 425 g/mol. The lowest BCUT2D eigenvalue weighted by atomic mass is 10.1. The molecule has 0 bridgehead atoms. The molecule has 1 aliphatic heterocycles. The highest BCUT2D eigenvalue weighted by Gasteiger charge is 2.17. The van der Waals surface area contributed by atoms with Gasteiger partial charge in [0.15, 0.2) is 0 Å². The quantitative estimate of drug-likeness (QED) is 0.598. The van der Waals surface area contributed by atoms with E-state index in [1.807, 2.05) is 45.0 Å². The molecule has 3 rings (SSSR count). The van der Waals surface area contributed by atoms with Crippen molar-refractivity contribution in [3.05, 3.63) is 54.1 Å². The summed E-state index contributed by atoms with van der Waals surface area (Å²) in [6.45, 7) is 7.19. The number of carbonyl (C=O) groups is 2. The molecule has 1 saturated heterocycles. The van der Waals surface area contributed by atoms with Gasteiger partial charge in [-0.2, -0.15) is 0 Å². The zero-order valence-corrected chi connectivity index (χ0v) is 18.4. The molecule has 1 heterocycles. The molecule has 0 saturated carbocycles. The van der Waals surface area contributed by atoms with Crippen molar-refractivity contribution in [1.82, 2.24) is 5.32 Å². The summed E-state index contributed by atoms with van der Waals surface area (Å²) in [5, 5.41) is 8.83. The van der Waals surface area contributed by atoms with Crippen molar-refractivity contribution in [2.24, 2.45) is 0 Å². The number of nitrogens with one attached hydrogen (secondary N) is 3. The van der Waals surface area contributed by atoms with E-state index in [0.717, 1.165) is 30.9 Å². The molecule has 0 spiro atoms. The Morgan fingerprint density at radius 2 is 1.87 bits per heavy atom. The van der Waals surface area contributed by atoms with Crippen LogP contribution in [-0.2, 0) is 9.53 Å². The number of carbonyl (C=O) groups excluding carboxylic acids is 2. The number of anilines is 2. The summed E-state index contributed by atoms with van der Waals surface area (Å²) in [7, 11) is 0. The fraction of sp³-hybridized carbons (Fsp3) is 0.417. The van der Waals surface area contributed by atoms with Crippen LogP contribution in [0.1, 0.15) is 44.0 Å². The summed E-state index contributed by atoms with van der Waals surface area (Å²) >= 11 is 0. The van der Waals surface area contributed by atoms with E-state index in [4.69, 9.17) is 9.47 Å². The first-order valence-corrected chi connectivity index (χ1v) is 10.6. The van der Waals surface area contributed by atoms with Crippen LogP contribution in [-0.4, -0.2) is 43.2 Å². The Labute approximate surface area is 183 Å². The van der Waals surface area contributed by atoms with Crippen LogP contribution in [0.3, 0.4) is 0 Å². The molecular formula is C24H31N3O4. The highest BCUT2D eigenvalue weighted by atomic mass is 16.5. The molecule has 1 atom stereocenters. The van der Waals surface area contributed by atoms with Crippen molar-refractivity contribution in [3.63, 3.8) is 0 Å². The zero-order valence-electron chi connectivity index (χ0n) is 18.4. The van der Waals surface area contributed by atoms with Crippen LogP contribution in [0.4, 0.5) is 11.4 Å².